The molecule has 3 aromatic rings. The van der Waals surface area contributed by atoms with Crippen LogP contribution in [0.15, 0.2) is 44.7 Å². The normalized spacial score (nSPS) is 11.1. The summed E-state index contributed by atoms with van der Waals surface area (Å²) in [6, 6.07) is 3.82. The molecular weight excluding hydrogens is 322 g/mol. The molecule has 0 atom stereocenters. The van der Waals surface area contributed by atoms with E-state index in [-0.39, 0.29) is 5.56 Å². The van der Waals surface area contributed by atoms with Crippen LogP contribution in [0.25, 0.3) is 10.9 Å². The number of hydrogen-bond acceptors (Lipinski definition) is 4. The van der Waals surface area contributed by atoms with Crippen LogP contribution < -0.4 is 5.56 Å². The lowest BCUT2D eigenvalue weighted by atomic mass is 10.1. The molecule has 6 heteroatoms. The summed E-state index contributed by atoms with van der Waals surface area (Å²) in [6.45, 7) is 2.51. The highest BCUT2D eigenvalue weighted by molar-refractivity contribution is 9.10. The van der Waals surface area contributed by atoms with Crippen molar-refractivity contribution in [3.63, 3.8) is 0 Å². The summed E-state index contributed by atoms with van der Waals surface area (Å²) in [5.74, 6) is 0. The maximum absolute atomic E-state index is 12.5. The van der Waals surface area contributed by atoms with E-state index in [4.69, 9.17) is 4.52 Å². The molecular formula is C14H12BrN3O2. The van der Waals surface area contributed by atoms with Gasteiger partial charge < -0.3 is 4.52 Å². The largest absolute Gasteiger partial charge is 0.364 e. The third kappa shape index (κ3) is 2.38. The van der Waals surface area contributed by atoms with Gasteiger partial charge in [0, 0.05) is 16.6 Å². The molecule has 0 saturated carbocycles. The number of halogens is 1. The van der Waals surface area contributed by atoms with Gasteiger partial charge in [-0.25, -0.2) is 4.98 Å². The van der Waals surface area contributed by atoms with Crippen molar-refractivity contribution in [2.75, 3.05) is 0 Å². The summed E-state index contributed by atoms with van der Waals surface area (Å²) in [7, 11) is 0. The molecule has 0 aliphatic carbocycles. The second-order valence-corrected chi connectivity index (χ2v) is 5.52. The number of fused-ring (bicyclic) bond motifs is 1. The first-order valence-corrected chi connectivity index (χ1v) is 6.98. The summed E-state index contributed by atoms with van der Waals surface area (Å²) < 4.78 is 7.23. The Morgan fingerprint density at radius 3 is 3.00 bits per heavy atom. The molecule has 0 aliphatic heterocycles. The molecule has 102 valence electrons. The lowest BCUT2D eigenvalue weighted by Crippen LogP contribution is -2.21. The first-order valence-electron chi connectivity index (χ1n) is 6.19. The number of aryl methyl sites for hydroxylation is 3. The number of rotatable bonds is 3. The molecule has 0 bridgehead atoms. The Bertz CT molecular complexity index is 809. The fourth-order valence-electron chi connectivity index (χ4n) is 2.12. The van der Waals surface area contributed by atoms with Crippen LogP contribution in [0.4, 0.5) is 0 Å². The molecule has 5 nitrogen and oxygen atoms in total. The van der Waals surface area contributed by atoms with E-state index >= 15 is 0 Å². The Morgan fingerprint density at radius 1 is 1.40 bits per heavy atom. The van der Waals surface area contributed by atoms with Crippen LogP contribution in [-0.2, 0) is 13.0 Å². The van der Waals surface area contributed by atoms with Crippen molar-refractivity contribution >= 4 is 26.8 Å². The Morgan fingerprint density at radius 2 is 2.25 bits per heavy atom. The molecule has 1 aromatic carbocycles. The SMILES string of the molecule is Cc1cc(Br)c2ncn(CCc3cnoc3)c(=O)c2c1. The zero-order chi connectivity index (χ0) is 14.1. The zero-order valence-corrected chi connectivity index (χ0v) is 12.4. The predicted molar refractivity (Wildman–Crippen MR) is 78.6 cm³/mol. The highest BCUT2D eigenvalue weighted by Crippen LogP contribution is 2.21. The van der Waals surface area contributed by atoms with Crippen LogP contribution in [0.1, 0.15) is 11.1 Å². The van der Waals surface area contributed by atoms with Gasteiger partial charge in [-0.05, 0) is 47.0 Å². The van der Waals surface area contributed by atoms with Gasteiger partial charge in [0.2, 0.25) is 0 Å². The average molecular weight is 334 g/mol. The van der Waals surface area contributed by atoms with Crippen LogP contribution in [0.5, 0.6) is 0 Å². The van der Waals surface area contributed by atoms with Crippen molar-refractivity contribution in [1.82, 2.24) is 14.7 Å². The van der Waals surface area contributed by atoms with Crippen molar-refractivity contribution < 1.29 is 4.52 Å². The molecule has 0 saturated heterocycles. The fraction of sp³-hybridized carbons (Fsp3) is 0.214. The molecule has 0 aliphatic rings. The minimum absolute atomic E-state index is 0.0316. The van der Waals surface area contributed by atoms with E-state index in [1.807, 2.05) is 19.1 Å². The van der Waals surface area contributed by atoms with E-state index in [9.17, 15) is 4.79 Å². The van der Waals surface area contributed by atoms with Gasteiger partial charge in [0.1, 0.15) is 6.26 Å². The highest BCUT2D eigenvalue weighted by atomic mass is 79.9. The monoisotopic (exact) mass is 333 g/mol. The summed E-state index contributed by atoms with van der Waals surface area (Å²) >= 11 is 3.45. The maximum atomic E-state index is 12.5. The van der Waals surface area contributed by atoms with Crippen LogP contribution in [-0.4, -0.2) is 14.7 Å². The molecule has 0 radical (unpaired) electrons. The molecule has 2 heterocycles. The van der Waals surface area contributed by atoms with E-state index in [0.29, 0.717) is 23.9 Å². The smallest absolute Gasteiger partial charge is 0.261 e. The van der Waals surface area contributed by atoms with Crippen LogP contribution in [0.3, 0.4) is 0 Å². The Hall–Kier alpha value is -1.95. The number of nitrogens with zero attached hydrogens (tertiary/aromatic N) is 3. The number of benzene rings is 1. The van der Waals surface area contributed by atoms with Gasteiger partial charge in [0.25, 0.3) is 5.56 Å². The lowest BCUT2D eigenvalue weighted by molar-refractivity contribution is 0.418. The lowest BCUT2D eigenvalue weighted by Gasteiger charge is -2.07. The topological polar surface area (TPSA) is 60.9 Å². The molecule has 0 fully saturated rings. The average Bonchev–Trinajstić information content (AvgIpc) is 2.92. The van der Waals surface area contributed by atoms with Gasteiger partial charge in [-0.1, -0.05) is 5.16 Å². The van der Waals surface area contributed by atoms with E-state index in [2.05, 4.69) is 26.1 Å². The van der Waals surface area contributed by atoms with Crippen molar-refractivity contribution in [3.8, 4) is 0 Å². The van der Waals surface area contributed by atoms with E-state index in [1.54, 1.807) is 23.4 Å². The molecule has 3 rings (SSSR count). The Labute approximate surface area is 123 Å². The first-order chi connectivity index (χ1) is 9.65. The number of aromatic nitrogens is 3. The highest BCUT2D eigenvalue weighted by Gasteiger charge is 2.08. The maximum Gasteiger partial charge on any atom is 0.261 e. The summed E-state index contributed by atoms with van der Waals surface area (Å²) in [5, 5.41) is 4.28. The van der Waals surface area contributed by atoms with Crippen molar-refractivity contribution in [2.24, 2.45) is 0 Å². The molecule has 0 N–H and O–H groups in total. The second kappa shape index (κ2) is 5.20. The standard InChI is InChI=1S/C14H12BrN3O2/c1-9-4-11-13(12(15)5-9)16-8-18(14(11)19)3-2-10-6-17-20-7-10/h4-8H,2-3H2,1H3. The zero-order valence-electron chi connectivity index (χ0n) is 10.8. The van der Waals surface area contributed by atoms with Gasteiger partial charge >= 0.3 is 0 Å². The minimum Gasteiger partial charge on any atom is -0.364 e. The van der Waals surface area contributed by atoms with Gasteiger partial charge in [-0.2, -0.15) is 0 Å². The summed E-state index contributed by atoms with van der Waals surface area (Å²) in [4.78, 5) is 16.8. The molecule has 0 amide bonds. The van der Waals surface area contributed by atoms with Crippen LogP contribution >= 0.6 is 15.9 Å². The van der Waals surface area contributed by atoms with E-state index < -0.39 is 0 Å². The third-order valence-electron chi connectivity index (χ3n) is 3.15. The van der Waals surface area contributed by atoms with Gasteiger partial charge in [-0.15, -0.1) is 0 Å². The van der Waals surface area contributed by atoms with Crippen molar-refractivity contribution in [2.45, 2.75) is 19.9 Å². The van der Waals surface area contributed by atoms with Gasteiger partial charge in [-0.3, -0.25) is 9.36 Å². The third-order valence-corrected chi connectivity index (χ3v) is 3.75. The molecule has 0 spiro atoms. The molecule has 2 aromatic heterocycles. The van der Waals surface area contributed by atoms with Gasteiger partial charge in [0.05, 0.1) is 23.4 Å². The summed E-state index contributed by atoms with van der Waals surface area (Å²) in [6.07, 6.45) is 5.50. The van der Waals surface area contributed by atoms with E-state index in [0.717, 1.165) is 15.6 Å². The molecule has 0 unspecified atom stereocenters. The second-order valence-electron chi connectivity index (χ2n) is 4.67. The predicted octanol–water partition coefficient (Wildman–Crippen LogP) is 2.70. The minimum atomic E-state index is -0.0316. The first kappa shape index (κ1) is 13.1. The van der Waals surface area contributed by atoms with Crippen molar-refractivity contribution in [1.29, 1.82) is 0 Å². The Balaban J connectivity index is 2.00. The quantitative estimate of drug-likeness (QED) is 0.739. The van der Waals surface area contributed by atoms with Crippen molar-refractivity contribution in [3.05, 3.63) is 56.9 Å². The van der Waals surface area contributed by atoms with Gasteiger partial charge in [0.15, 0.2) is 0 Å². The fourth-order valence-corrected chi connectivity index (χ4v) is 2.80. The van der Waals surface area contributed by atoms with Crippen LogP contribution in [0, 0.1) is 6.92 Å². The Kier molecular flexibility index (Phi) is 3.40. The molecule has 20 heavy (non-hydrogen) atoms. The van der Waals surface area contributed by atoms with Crippen LogP contribution in [0.2, 0.25) is 0 Å². The van der Waals surface area contributed by atoms with E-state index in [1.165, 1.54) is 0 Å². The summed E-state index contributed by atoms with van der Waals surface area (Å²) in [5.41, 5.74) is 2.65. The number of hydrogen-bond donors (Lipinski definition) is 0.